The van der Waals surface area contributed by atoms with Gasteiger partial charge in [0, 0.05) is 4.47 Å². The van der Waals surface area contributed by atoms with Gasteiger partial charge in [-0.15, -0.1) is 0 Å². The van der Waals surface area contributed by atoms with E-state index in [2.05, 4.69) is 21.2 Å². The largest absolute Gasteiger partial charge is 0.467 e. The number of carbonyl (C=O) groups excluding carboxylic acids is 1. The third-order valence-corrected chi connectivity index (χ3v) is 2.87. The lowest BCUT2D eigenvalue weighted by Gasteiger charge is -2.05. The molecule has 0 fully saturated rings. The second-order valence-corrected chi connectivity index (χ2v) is 4.24. The topological polar surface area (TPSA) is 42.2 Å². The summed E-state index contributed by atoms with van der Waals surface area (Å²) in [6.07, 6.45) is 1.53. The summed E-state index contributed by atoms with van der Waals surface area (Å²) in [7, 11) is 0. The van der Waals surface area contributed by atoms with Crippen LogP contribution in [0.25, 0.3) is 0 Å². The fraction of sp³-hybridized carbons (Fsp3) is 0.0833. The number of nitrogens with one attached hydrogen (secondary N) is 1. The first kappa shape index (κ1) is 11.9. The first-order valence-corrected chi connectivity index (χ1v) is 5.72. The molecule has 0 saturated heterocycles. The summed E-state index contributed by atoms with van der Waals surface area (Å²) in [6.45, 7) is 0.273. The van der Waals surface area contributed by atoms with E-state index in [1.54, 1.807) is 12.1 Å². The van der Waals surface area contributed by atoms with Crippen LogP contribution in [0, 0.1) is 5.82 Å². The molecule has 0 saturated carbocycles. The van der Waals surface area contributed by atoms with Crippen molar-refractivity contribution >= 4 is 21.8 Å². The number of furan rings is 1. The maximum atomic E-state index is 13.0. The molecule has 2 aromatic rings. The van der Waals surface area contributed by atoms with Gasteiger partial charge in [0.1, 0.15) is 11.6 Å². The van der Waals surface area contributed by atoms with Crippen LogP contribution in [0.3, 0.4) is 0 Å². The molecule has 1 N–H and O–H groups in total. The van der Waals surface area contributed by atoms with Gasteiger partial charge in [-0.1, -0.05) is 0 Å². The highest BCUT2D eigenvalue weighted by Crippen LogP contribution is 2.17. The molecule has 5 heteroatoms. The number of hydrogen-bond acceptors (Lipinski definition) is 2. The molecule has 1 heterocycles. The van der Waals surface area contributed by atoms with E-state index in [0.29, 0.717) is 10.2 Å². The fourth-order valence-electron chi connectivity index (χ4n) is 1.35. The Morgan fingerprint density at radius 3 is 2.94 bits per heavy atom. The predicted molar refractivity (Wildman–Crippen MR) is 64.0 cm³/mol. The molecule has 0 radical (unpaired) electrons. The highest BCUT2D eigenvalue weighted by Gasteiger charge is 2.11. The van der Waals surface area contributed by atoms with Crippen molar-refractivity contribution in [2.24, 2.45) is 0 Å². The molecular formula is C12H9BrFNO2. The van der Waals surface area contributed by atoms with Gasteiger partial charge >= 0.3 is 0 Å². The van der Waals surface area contributed by atoms with Crippen molar-refractivity contribution < 1.29 is 13.6 Å². The summed E-state index contributed by atoms with van der Waals surface area (Å²) in [5, 5.41) is 2.64. The maximum Gasteiger partial charge on any atom is 0.252 e. The van der Waals surface area contributed by atoms with Crippen LogP contribution in [0.15, 0.2) is 45.5 Å². The minimum atomic E-state index is -0.448. The number of benzene rings is 1. The molecule has 0 spiro atoms. The van der Waals surface area contributed by atoms with Gasteiger partial charge in [0.25, 0.3) is 5.91 Å². The molecule has 1 aromatic carbocycles. The Labute approximate surface area is 106 Å². The van der Waals surface area contributed by atoms with Crippen LogP contribution in [-0.2, 0) is 6.54 Å². The highest BCUT2D eigenvalue weighted by molar-refractivity contribution is 9.10. The number of hydrogen-bond donors (Lipinski definition) is 1. The highest BCUT2D eigenvalue weighted by atomic mass is 79.9. The average molecular weight is 298 g/mol. The fourth-order valence-corrected chi connectivity index (χ4v) is 1.77. The Kier molecular flexibility index (Phi) is 3.58. The van der Waals surface area contributed by atoms with E-state index in [4.69, 9.17) is 4.42 Å². The van der Waals surface area contributed by atoms with E-state index in [1.807, 2.05) is 0 Å². The van der Waals surface area contributed by atoms with E-state index in [1.165, 1.54) is 24.5 Å². The summed E-state index contributed by atoms with van der Waals surface area (Å²) in [6, 6.07) is 7.45. The number of halogens is 2. The minimum absolute atomic E-state index is 0.261. The van der Waals surface area contributed by atoms with Gasteiger partial charge in [0.05, 0.1) is 18.4 Å². The third kappa shape index (κ3) is 2.94. The average Bonchev–Trinajstić information content (AvgIpc) is 2.82. The second-order valence-electron chi connectivity index (χ2n) is 3.39. The van der Waals surface area contributed by atoms with Crippen molar-refractivity contribution in [1.29, 1.82) is 0 Å². The van der Waals surface area contributed by atoms with Crippen LogP contribution in [0.4, 0.5) is 4.39 Å². The van der Waals surface area contributed by atoms with E-state index in [-0.39, 0.29) is 18.0 Å². The van der Waals surface area contributed by atoms with Crippen LogP contribution >= 0.6 is 15.9 Å². The van der Waals surface area contributed by atoms with Gasteiger partial charge < -0.3 is 9.73 Å². The van der Waals surface area contributed by atoms with Crippen LogP contribution in [-0.4, -0.2) is 5.91 Å². The molecule has 1 amide bonds. The Bertz CT molecular complexity index is 525. The normalized spacial score (nSPS) is 10.2. The van der Waals surface area contributed by atoms with Crippen LogP contribution in [0.2, 0.25) is 0 Å². The van der Waals surface area contributed by atoms with Gasteiger partial charge in [0.2, 0.25) is 0 Å². The van der Waals surface area contributed by atoms with Gasteiger partial charge in [-0.05, 0) is 46.3 Å². The third-order valence-electron chi connectivity index (χ3n) is 2.18. The maximum absolute atomic E-state index is 13.0. The summed E-state index contributed by atoms with van der Waals surface area (Å²) in [5.41, 5.74) is 0.261. The molecule has 2 rings (SSSR count). The molecule has 0 bridgehead atoms. The monoisotopic (exact) mass is 297 g/mol. The molecule has 17 heavy (non-hydrogen) atoms. The van der Waals surface area contributed by atoms with Gasteiger partial charge in [-0.3, -0.25) is 4.79 Å². The van der Waals surface area contributed by atoms with Crippen molar-refractivity contribution in [2.45, 2.75) is 6.54 Å². The first-order chi connectivity index (χ1) is 8.16. The Morgan fingerprint density at radius 2 is 2.24 bits per heavy atom. The second kappa shape index (κ2) is 5.14. The smallest absolute Gasteiger partial charge is 0.252 e. The quantitative estimate of drug-likeness (QED) is 0.946. The van der Waals surface area contributed by atoms with E-state index >= 15 is 0 Å². The van der Waals surface area contributed by atoms with Crippen LogP contribution in [0.5, 0.6) is 0 Å². The zero-order chi connectivity index (χ0) is 12.3. The minimum Gasteiger partial charge on any atom is -0.467 e. The molecule has 0 atom stereocenters. The van der Waals surface area contributed by atoms with Crippen LogP contribution < -0.4 is 5.32 Å². The molecule has 0 unspecified atom stereocenters. The van der Waals surface area contributed by atoms with Gasteiger partial charge in [-0.25, -0.2) is 4.39 Å². The lowest BCUT2D eigenvalue weighted by Crippen LogP contribution is -2.23. The van der Waals surface area contributed by atoms with Crippen molar-refractivity contribution in [2.75, 3.05) is 0 Å². The molecule has 3 nitrogen and oxygen atoms in total. The lowest BCUT2D eigenvalue weighted by atomic mass is 10.2. The summed E-state index contributed by atoms with van der Waals surface area (Å²) in [4.78, 5) is 11.8. The number of carbonyl (C=O) groups is 1. The molecular weight excluding hydrogens is 289 g/mol. The lowest BCUT2D eigenvalue weighted by molar-refractivity contribution is 0.0947. The Morgan fingerprint density at radius 1 is 1.41 bits per heavy atom. The van der Waals surface area contributed by atoms with Crippen LogP contribution in [0.1, 0.15) is 16.1 Å². The first-order valence-electron chi connectivity index (χ1n) is 4.92. The number of amides is 1. The molecule has 0 aliphatic heterocycles. The Balaban J connectivity index is 2.07. The van der Waals surface area contributed by atoms with Crippen molar-refractivity contribution in [3.63, 3.8) is 0 Å². The molecule has 0 aliphatic rings. The van der Waals surface area contributed by atoms with E-state index in [0.717, 1.165) is 0 Å². The van der Waals surface area contributed by atoms with E-state index < -0.39 is 5.82 Å². The summed E-state index contributed by atoms with van der Waals surface area (Å²) >= 11 is 3.20. The van der Waals surface area contributed by atoms with Gasteiger partial charge in [0.15, 0.2) is 0 Å². The van der Waals surface area contributed by atoms with E-state index in [9.17, 15) is 9.18 Å². The van der Waals surface area contributed by atoms with Crippen molar-refractivity contribution in [1.82, 2.24) is 5.32 Å². The zero-order valence-electron chi connectivity index (χ0n) is 8.74. The summed E-state index contributed by atoms with van der Waals surface area (Å²) < 4.78 is 18.6. The zero-order valence-corrected chi connectivity index (χ0v) is 10.3. The standard InChI is InChI=1S/C12H9BrFNO2/c13-11-4-3-8(14)6-10(11)12(16)15-7-9-2-1-5-17-9/h1-6H,7H2,(H,15,16). The predicted octanol–water partition coefficient (Wildman–Crippen LogP) is 3.11. The van der Waals surface area contributed by atoms with Crippen molar-refractivity contribution in [3.05, 3.63) is 58.2 Å². The SMILES string of the molecule is O=C(NCc1ccco1)c1cc(F)ccc1Br. The Hall–Kier alpha value is -1.62. The summed E-state index contributed by atoms with van der Waals surface area (Å²) in [5.74, 6) is -0.157. The van der Waals surface area contributed by atoms with Crippen molar-refractivity contribution in [3.8, 4) is 0 Å². The molecule has 88 valence electrons. The molecule has 0 aliphatic carbocycles. The van der Waals surface area contributed by atoms with Gasteiger partial charge in [-0.2, -0.15) is 0 Å². The number of rotatable bonds is 3. The molecule has 1 aromatic heterocycles.